The molecule has 4 aliphatic rings. The Morgan fingerprint density at radius 1 is 1.15 bits per heavy atom. The maximum absolute atomic E-state index is 12.3. The summed E-state index contributed by atoms with van der Waals surface area (Å²) in [5.41, 5.74) is 1.01. The normalized spacial score (nSPS) is 45.7. The number of allylic oxidation sites excluding steroid dienone is 2. The van der Waals surface area contributed by atoms with Gasteiger partial charge in [-0.25, -0.2) is 0 Å². The van der Waals surface area contributed by atoms with Gasteiger partial charge < -0.3 is 9.84 Å². The number of aliphatic hydroxyl groups excluding tert-OH is 1. The lowest BCUT2D eigenvalue weighted by molar-refractivity contribution is -0.141. The van der Waals surface area contributed by atoms with E-state index in [1.54, 1.807) is 13.0 Å². The smallest absolute Gasteiger partial charge is 0.307 e. The number of fused-ring (bicyclic) bond motifs is 5. The van der Waals surface area contributed by atoms with Crippen molar-refractivity contribution in [1.29, 1.82) is 0 Å². The van der Waals surface area contributed by atoms with E-state index in [0.29, 0.717) is 35.7 Å². The summed E-state index contributed by atoms with van der Waals surface area (Å²) in [6.07, 6.45) is 9.34. The fourth-order valence-electron chi connectivity index (χ4n) is 7.29. The van der Waals surface area contributed by atoms with Crippen LogP contribution in [0.15, 0.2) is 23.5 Å². The highest BCUT2D eigenvalue weighted by Gasteiger charge is 2.60. The zero-order valence-electron chi connectivity index (χ0n) is 17.0. The first-order valence-corrected chi connectivity index (χ1v) is 10.5. The Balaban J connectivity index is 1.72. The van der Waals surface area contributed by atoms with E-state index in [4.69, 9.17) is 4.74 Å². The Morgan fingerprint density at radius 2 is 1.89 bits per heavy atom. The molecule has 4 nitrogen and oxygen atoms in total. The van der Waals surface area contributed by atoms with E-state index in [1.165, 1.54) is 12.5 Å². The molecule has 0 bridgehead atoms. The molecule has 0 heterocycles. The SMILES string of the molecule is CC(=O)OC1=C[C@@H](O)CC2=CCC3C(CC[C@@]4(C)C3CC[C@@H]4C(C)=O)[C@]21C. The van der Waals surface area contributed by atoms with E-state index in [0.717, 1.165) is 32.1 Å². The van der Waals surface area contributed by atoms with E-state index in [2.05, 4.69) is 19.9 Å². The predicted octanol–water partition coefficient (Wildman–Crippen LogP) is 4.18. The van der Waals surface area contributed by atoms with Gasteiger partial charge in [0, 0.05) is 18.3 Å². The van der Waals surface area contributed by atoms with Crippen LogP contribution in [0.4, 0.5) is 0 Å². The summed E-state index contributed by atoms with van der Waals surface area (Å²) in [7, 11) is 0. The van der Waals surface area contributed by atoms with Gasteiger partial charge in [-0.15, -0.1) is 0 Å². The topological polar surface area (TPSA) is 63.6 Å². The molecule has 148 valence electrons. The number of carbonyl (C=O) groups excluding carboxylic acids is 2. The summed E-state index contributed by atoms with van der Waals surface area (Å²) in [6, 6.07) is 0. The Hall–Kier alpha value is -1.42. The van der Waals surface area contributed by atoms with Crippen molar-refractivity contribution in [3.63, 3.8) is 0 Å². The molecule has 0 aromatic carbocycles. The quantitative estimate of drug-likeness (QED) is 0.583. The van der Waals surface area contributed by atoms with Gasteiger partial charge in [0.25, 0.3) is 0 Å². The highest BCUT2D eigenvalue weighted by molar-refractivity contribution is 5.79. The van der Waals surface area contributed by atoms with Crippen molar-refractivity contribution < 1.29 is 19.4 Å². The molecule has 0 aromatic rings. The van der Waals surface area contributed by atoms with Crippen LogP contribution < -0.4 is 0 Å². The summed E-state index contributed by atoms with van der Waals surface area (Å²) >= 11 is 0. The lowest BCUT2D eigenvalue weighted by Gasteiger charge is -2.57. The molecular weight excluding hydrogens is 340 g/mol. The first-order chi connectivity index (χ1) is 12.7. The van der Waals surface area contributed by atoms with Crippen molar-refractivity contribution in [3.05, 3.63) is 23.5 Å². The molecule has 27 heavy (non-hydrogen) atoms. The minimum Gasteiger partial charge on any atom is -0.431 e. The zero-order valence-corrected chi connectivity index (χ0v) is 17.0. The highest BCUT2D eigenvalue weighted by atomic mass is 16.5. The number of ether oxygens (including phenoxy) is 1. The van der Waals surface area contributed by atoms with Crippen molar-refractivity contribution >= 4 is 11.8 Å². The molecular formula is C23H32O4. The van der Waals surface area contributed by atoms with Gasteiger partial charge >= 0.3 is 5.97 Å². The third-order valence-corrected chi connectivity index (χ3v) is 8.51. The van der Waals surface area contributed by atoms with Gasteiger partial charge in [0.15, 0.2) is 0 Å². The molecule has 3 unspecified atom stereocenters. The monoisotopic (exact) mass is 372 g/mol. The van der Waals surface area contributed by atoms with E-state index in [1.807, 2.05) is 0 Å². The molecule has 2 saturated carbocycles. The number of Topliss-reactive ketones (excluding diaryl/α,β-unsaturated/α-hetero) is 1. The number of hydrogen-bond donors (Lipinski definition) is 1. The van der Waals surface area contributed by atoms with Crippen LogP contribution in [0.3, 0.4) is 0 Å². The average Bonchev–Trinajstić information content (AvgIpc) is 2.93. The van der Waals surface area contributed by atoms with Gasteiger partial charge in [-0.3, -0.25) is 9.59 Å². The van der Waals surface area contributed by atoms with Crippen molar-refractivity contribution in [1.82, 2.24) is 0 Å². The van der Waals surface area contributed by atoms with Crippen LogP contribution in [-0.2, 0) is 14.3 Å². The Bertz CT molecular complexity index is 735. The van der Waals surface area contributed by atoms with Gasteiger partial charge in [0.2, 0.25) is 0 Å². The summed E-state index contributed by atoms with van der Waals surface area (Å²) in [4.78, 5) is 24.0. The lowest BCUT2D eigenvalue weighted by atomic mass is 9.48. The number of aliphatic hydroxyl groups is 1. The molecule has 0 spiro atoms. The van der Waals surface area contributed by atoms with E-state index >= 15 is 0 Å². The molecule has 0 aliphatic heterocycles. The minimum absolute atomic E-state index is 0.105. The zero-order chi connectivity index (χ0) is 19.6. The molecule has 7 atom stereocenters. The van der Waals surface area contributed by atoms with Gasteiger partial charge in [-0.1, -0.05) is 18.6 Å². The van der Waals surface area contributed by atoms with Gasteiger partial charge in [-0.05, 0) is 81.6 Å². The Morgan fingerprint density at radius 3 is 2.56 bits per heavy atom. The molecule has 1 N–H and O–H groups in total. The van der Waals surface area contributed by atoms with Crippen LogP contribution >= 0.6 is 0 Å². The number of rotatable bonds is 2. The van der Waals surface area contributed by atoms with Crippen LogP contribution in [-0.4, -0.2) is 23.0 Å². The van der Waals surface area contributed by atoms with Gasteiger partial charge in [-0.2, -0.15) is 0 Å². The van der Waals surface area contributed by atoms with Gasteiger partial charge in [0.1, 0.15) is 11.5 Å². The average molecular weight is 373 g/mol. The first-order valence-electron chi connectivity index (χ1n) is 10.5. The second-order valence-electron chi connectivity index (χ2n) is 9.73. The largest absolute Gasteiger partial charge is 0.431 e. The molecule has 0 saturated heterocycles. The second kappa shape index (κ2) is 6.30. The van der Waals surface area contributed by atoms with Gasteiger partial charge in [0.05, 0.1) is 6.10 Å². The number of carbonyl (C=O) groups is 2. The predicted molar refractivity (Wildman–Crippen MR) is 102 cm³/mol. The van der Waals surface area contributed by atoms with Crippen LogP contribution in [0, 0.1) is 34.5 Å². The molecule has 0 radical (unpaired) electrons. The van der Waals surface area contributed by atoms with E-state index in [9.17, 15) is 14.7 Å². The first kappa shape index (κ1) is 18.9. The summed E-state index contributed by atoms with van der Waals surface area (Å²) in [5.74, 6) is 2.31. The molecule has 2 fully saturated rings. The molecule has 4 rings (SSSR count). The molecule has 0 amide bonds. The standard InChI is InChI=1S/C23H32O4/c1-13(24)18-7-8-19-17-6-5-15-11-16(26)12-21(27-14(2)25)23(15,4)20(17)9-10-22(18,19)3/h5,12,16-20,26H,6-11H2,1-4H3/t16-,17?,18+,19?,20?,22+,23-/m0/s1. The van der Waals surface area contributed by atoms with Crippen molar-refractivity contribution in [2.75, 3.05) is 0 Å². The van der Waals surface area contributed by atoms with E-state index < -0.39 is 6.10 Å². The maximum atomic E-state index is 12.3. The molecule has 4 aliphatic carbocycles. The second-order valence-corrected chi connectivity index (χ2v) is 9.73. The number of hydrogen-bond acceptors (Lipinski definition) is 4. The lowest BCUT2D eigenvalue weighted by Crippen LogP contribution is -2.51. The van der Waals surface area contributed by atoms with Crippen molar-refractivity contribution in [2.45, 2.75) is 72.3 Å². The fourth-order valence-corrected chi connectivity index (χ4v) is 7.29. The van der Waals surface area contributed by atoms with Crippen molar-refractivity contribution in [3.8, 4) is 0 Å². The van der Waals surface area contributed by atoms with Crippen LogP contribution in [0.25, 0.3) is 0 Å². The van der Waals surface area contributed by atoms with E-state index in [-0.39, 0.29) is 22.7 Å². The number of esters is 1. The summed E-state index contributed by atoms with van der Waals surface area (Å²) in [5, 5.41) is 10.3. The summed E-state index contributed by atoms with van der Waals surface area (Å²) < 4.78 is 5.65. The molecule has 4 heteroatoms. The minimum atomic E-state index is -0.586. The third kappa shape index (κ3) is 2.66. The van der Waals surface area contributed by atoms with Crippen LogP contribution in [0.2, 0.25) is 0 Å². The highest BCUT2D eigenvalue weighted by Crippen LogP contribution is 2.66. The number of ketones is 1. The summed E-state index contributed by atoms with van der Waals surface area (Å²) in [6.45, 7) is 7.73. The van der Waals surface area contributed by atoms with Crippen LogP contribution in [0.5, 0.6) is 0 Å². The third-order valence-electron chi connectivity index (χ3n) is 8.51. The maximum Gasteiger partial charge on any atom is 0.307 e. The Labute approximate surface area is 162 Å². The van der Waals surface area contributed by atoms with Crippen molar-refractivity contribution in [2.24, 2.45) is 34.5 Å². The van der Waals surface area contributed by atoms with Crippen LogP contribution in [0.1, 0.15) is 66.2 Å². The Kier molecular flexibility index (Phi) is 4.41. The molecule has 0 aromatic heterocycles. The fraction of sp³-hybridized carbons (Fsp3) is 0.739.